The van der Waals surface area contributed by atoms with Gasteiger partial charge < -0.3 is 10.2 Å². The van der Waals surface area contributed by atoms with E-state index in [9.17, 15) is 4.79 Å². The number of pyridine rings is 1. The quantitative estimate of drug-likeness (QED) is 0.732. The van der Waals surface area contributed by atoms with Crippen molar-refractivity contribution in [2.45, 2.75) is 19.6 Å². The number of urea groups is 1. The number of hydrogen-bond donors (Lipinski definition) is 1. The number of nitrogens with one attached hydrogen (secondary N) is 1. The fraction of sp³-hybridized carbons (Fsp3) is 0.176. The molecule has 1 N–H and O–H groups in total. The molecule has 0 saturated heterocycles. The van der Waals surface area contributed by atoms with E-state index in [1.807, 2.05) is 47.2 Å². The maximum Gasteiger partial charge on any atom is 0.318 e. The van der Waals surface area contributed by atoms with Gasteiger partial charge in [0.05, 0.1) is 18.8 Å². The van der Waals surface area contributed by atoms with Crippen LogP contribution in [0.2, 0.25) is 0 Å². The van der Waals surface area contributed by atoms with Crippen LogP contribution in [-0.2, 0) is 19.6 Å². The van der Waals surface area contributed by atoms with E-state index in [4.69, 9.17) is 0 Å². The molecule has 3 aromatic rings. The van der Waals surface area contributed by atoms with Crippen molar-refractivity contribution in [2.75, 3.05) is 0 Å². The van der Waals surface area contributed by atoms with Crippen molar-refractivity contribution in [2.24, 2.45) is 0 Å². The number of hydrogen-bond acceptors (Lipinski definition) is 4. The molecule has 3 heterocycles. The van der Waals surface area contributed by atoms with Gasteiger partial charge in [-0.1, -0.05) is 12.1 Å². The molecule has 4 nitrogen and oxygen atoms in total. The Labute approximate surface area is 143 Å². The van der Waals surface area contributed by atoms with Crippen LogP contribution in [0.15, 0.2) is 58.7 Å². The van der Waals surface area contributed by atoms with Crippen LogP contribution in [0.4, 0.5) is 4.79 Å². The van der Waals surface area contributed by atoms with Gasteiger partial charge in [-0.05, 0) is 46.0 Å². The van der Waals surface area contributed by atoms with Crippen LogP contribution < -0.4 is 5.32 Å². The molecule has 0 unspecified atom stereocenters. The van der Waals surface area contributed by atoms with E-state index in [1.165, 1.54) is 0 Å². The minimum Gasteiger partial charge on any atom is -0.333 e. The number of aromatic nitrogens is 1. The van der Waals surface area contributed by atoms with Gasteiger partial charge in [0, 0.05) is 17.6 Å². The second kappa shape index (κ2) is 7.89. The Balaban J connectivity index is 1.67. The van der Waals surface area contributed by atoms with Gasteiger partial charge in [-0.15, -0.1) is 11.3 Å². The summed E-state index contributed by atoms with van der Waals surface area (Å²) in [5.41, 5.74) is 2.02. The number of nitrogens with zero attached hydrogens (tertiary/aromatic N) is 2. The first-order valence-electron chi connectivity index (χ1n) is 7.27. The highest BCUT2D eigenvalue weighted by atomic mass is 32.1. The van der Waals surface area contributed by atoms with Gasteiger partial charge in [0.15, 0.2) is 0 Å². The van der Waals surface area contributed by atoms with E-state index >= 15 is 0 Å². The van der Waals surface area contributed by atoms with Crippen LogP contribution >= 0.6 is 22.7 Å². The highest BCUT2D eigenvalue weighted by molar-refractivity contribution is 7.09. The summed E-state index contributed by atoms with van der Waals surface area (Å²) in [6.45, 7) is 1.63. The van der Waals surface area contributed by atoms with Crippen LogP contribution in [0.5, 0.6) is 0 Å². The molecule has 0 spiro atoms. The monoisotopic (exact) mass is 343 g/mol. The summed E-state index contributed by atoms with van der Waals surface area (Å²) in [4.78, 5) is 19.8. The van der Waals surface area contributed by atoms with Crippen molar-refractivity contribution in [3.8, 4) is 0 Å². The Morgan fingerprint density at radius 3 is 2.78 bits per heavy atom. The van der Waals surface area contributed by atoms with Gasteiger partial charge >= 0.3 is 6.03 Å². The number of rotatable bonds is 6. The second-order valence-electron chi connectivity index (χ2n) is 5.05. The molecular weight excluding hydrogens is 326 g/mol. The molecule has 0 radical (unpaired) electrons. The molecule has 6 heteroatoms. The molecule has 3 aromatic heterocycles. The van der Waals surface area contributed by atoms with E-state index in [1.54, 1.807) is 33.8 Å². The summed E-state index contributed by atoms with van der Waals surface area (Å²) >= 11 is 3.28. The first kappa shape index (κ1) is 15.7. The molecule has 118 valence electrons. The predicted octanol–water partition coefficient (Wildman–Crippen LogP) is 4.12. The molecule has 0 atom stereocenters. The summed E-state index contributed by atoms with van der Waals surface area (Å²) < 4.78 is 0. The molecule has 0 saturated carbocycles. The third kappa shape index (κ3) is 4.64. The lowest BCUT2D eigenvalue weighted by molar-refractivity contribution is 0.191. The lowest BCUT2D eigenvalue weighted by Gasteiger charge is -2.22. The van der Waals surface area contributed by atoms with E-state index < -0.39 is 0 Å². The zero-order chi connectivity index (χ0) is 15.9. The van der Waals surface area contributed by atoms with E-state index in [-0.39, 0.29) is 6.03 Å². The SMILES string of the molecule is O=C(NCc1cccs1)N(Cc1ccsc1)Cc1ccccn1. The van der Waals surface area contributed by atoms with Gasteiger partial charge in [-0.25, -0.2) is 4.79 Å². The number of carbonyl (C=O) groups excluding carboxylic acids is 1. The summed E-state index contributed by atoms with van der Waals surface area (Å²) in [5.74, 6) is 0. The van der Waals surface area contributed by atoms with Gasteiger partial charge in [0.25, 0.3) is 0 Å². The largest absolute Gasteiger partial charge is 0.333 e. The Morgan fingerprint density at radius 1 is 1.13 bits per heavy atom. The minimum atomic E-state index is -0.0738. The van der Waals surface area contributed by atoms with Crippen LogP contribution in [0.3, 0.4) is 0 Å². The van der Waals surface area contributed by atoms with Crippen LogP contribution in [-0.4, -0.2) is 15.9 Å². The summed E-state index contributed by atoms with van der Waals surface area (Å²) in [6.07, 6.45) is 1.75. The van der Waals surface area contributed by atoms with E-state index in [0.717, 1.165) is 16.1 Å². The number of amides is 2. The van der Waals surface area contributed by atoms with Crippen molar-refractivity contribution in [1.29, 1.82) is 0 Å². The fourth-order valence-electron chi connectivity index (χ4n) is 2.18. The molecule has 0 aliphatic heterocycles. The third-order valence-electron chi connectivity index (χ3n) is 3.31. The van der Waals surface area contributed by atoms with Crippen LogP contribution in [0.25, 0.3) is 0 Å². The summed E-state index contributed by atoms with van der Waals surface area (Å²) in [5, 5.41) is 9.10. The summed E-state index contributed by atoms with van der Waals surface area (Å²) in [7, 11) is 0. The first-order valence-corrected chi connectivity index (χ1v) is 9.09. The van der Waals surface area contributed by atoms with E-state index in [2.05, 4.69) is 15.7 Å². The topological polar surface area (TPSA) is 45.2 Å². The normalized spacial score (nSPS) is 10.4. The van der Waals surface area contributed by atoms with Crippen molar-refractivity contribution >= 4 is 28.7 Å². The van der Waals surface area contributed by atoms with E-state index in [0.29, 0.717) is 19.6 Å². The van der Waals surface area contributed by atoms with Crippen molar-refractivity contribution < 1.29 is 4.79 Å². The van der Waals surface area contributed by atoms with Gasteiger partial charge in [0.2, 0.25) is 0 Å². The van der Waals surface area contributed by atoms with Gasteiger partial charge in [0.1, 0.15) is 0 Å². The molecule has 2 amide bonds. The second-order valence-corrected chi connectivity index (χ2v) is 6.86. The number of carbonyl (C=O) groups is 1. The average molecular weight is 343 g/mol. The zero-order valence-corrected chi connectivity index (χ0v) is 14.1. The lowest BCUT2D eigenvalue weighted by Crippen LogP contribution is -2.38. The van der Waals surface area contributed by atoms with Crippen molar-refractivity contribution in [3.05, 3.63) is 74.9 Å². The standard InChI is InChI=1S/C17H17N3OS2/c21-17(19-10-16-5-3-8-23-16)20(11-14-6-9-22-13-14)12-15-4-1-2-7-18-15/h1-9,13H,10-12H2,(H,19,21). The summed E-state index contributed by atoms with van der Waals surface area (Å²) in [6, 6.07) is 11.7. The van der Waals surface area contributed by atoms with Gasteiger partial charge in [-0.3, -0.25) is 4.98 Å². The van der Waals surface area contributed by atoms with Crippen LogP contribution in [0, 0.1) is 0 Å². The predicted molar refractivity (Wildman–Crippen MR) is 94.4 cm³/mol. The molecule has 0 aromatic carbocycles. The maximum atomic E-state index is 12.6. The fourth-order valence-corrected chi connectivity index (χ4v) is 3.48. The zero-order valence-electron chi connectivity index (χ0n) is 12.5. The molecule has 0 aliphatic rings. The Kier molecular flexibility index (Phi) is 5.39. The lowest BCUT2D eigenvalue weighted by atomic mass is 10.3. The molecule has 23 heavy (non-hydrogen) atoms. The Bertz CT molecular complexity index is 712. The highest BCUT2D eigenvalue weighted by Crippen LogP contribution is 2.13. The highest BCUT2D eigenvalue weighted by Gasteiger charge is 2.15. The van der Waals surface area contributed by atoms with Crippen molar-refractivity contribution in [1.82, 2.24) is 15.2 Å². The Hall–Kier alpha value is -2.18. The first-order chi connectivity index (χ1) is 11.3. The molecule has 3 rings (SSSR count). The Morgan fingerprint density at radius 2 is 2.09 bits per heavy atom. The smallest absolute Gasteiger partial charge is 0.318 e. The average Bonchev–Trinajstić information content (AvgIpc) is 3.26. The molecule has 0 fully saturated rings. The van der Waals surface area contributed by atoms with Crippen molar-refractivity contribution in [3.63, 3.8) is 0 Å². The maximum absolute atomic E-state index is 12.6. The number of thiophene rings is 2. The molecular formula is C17H17N3OS2. The minimum absolute atomic E-state index is 0.0738. The molecule has 0 bridgehead atoms. The molecule has 0 aliphatic carbocycles. The van der Waals surface area contributed by atoms with Crippen LogP contribution in [0.1, 0.15) is 16.1 Å². The van der Waals surface area contributed by atoms with Gasteiger partial charge in [-0.2, -0.15) is 11.3 Å². The third-order valence-corrected chi connectivity index (χ3v) is 4.92.